The van der Waals surface area contributed by atoms with Crippen molar-refractivity contribution in [2.75, 3.05) is 18.4 Å². The molecule has 1 aromatic rings. The lowest BCUT2D eigenvalue weighted by atomic mass is 9.93. The van der Waals surface area contributed by atoms with Crippen LogP contribution in [0.2, 0.25) is 5.02 Å². The maximum Gasteiger partial charge on any atom is 0.410 e. The lowest BCUT2D eigenvalue weighted by molar-refractivity contribution is -0.117. The standard InChI is InChI=1S/C19H27ClN2O3/c1-13-15(20)6-5-7-16(13)21-17(23)12-14-8-10-22(11-9-14)18(24)25-19(2,3)4/h5-7,14H,8-12H2,1-4H3,(H,21,23). The molecular weight excluding hydrogens is 340 g/mol. The number of piperidine rings is 1. The second-order valence-electron chi connectivity index (χ2n) is 7.58. The number of carbonyl (C=O) groups is 2. The number of likely N-dealkylation sites (tertiary alicyclic amines) is 1. The van der Waals surface area contributed by atoms with Crippen LogP contribution in [0, 0.1) is 12.8 Å². The number of amides is 2. The number of benzene rings is 1. The Hall–Kier alpha value is -1.75. The van der Waals surface area contributed by atoms with Crippen LogP contribution in [0.4, 0.5) is 10.5 Å². The predicted octanol–water partition coefficient (Wildman–Crippen LogP) is 4.62. The first-order valence-corrected chi connectivity index (χ1v) is 9.06. The summed E-state index contributed by atoms with van der Waals surface area (Å²) in [7, 11) is 0. The monoisotopic (exact) mass is 366 g/mol. The minimum Gasteiger partial charge on any atom is -0.444 e. The molecule has 25 heavy (non-hydrogen) atoms. The highest BCUT2D eigenvalue weighted by Crippen LogP contribution is 2.25. The van der Waals surface area contributed by atoms with Gasteiger partial charge < -0.3 is 15.0 Å². The maximum absolute atomic E-state index is 12.3. The van der Waals surface area contributed by atoms with Crippen LogP contribution in [-0.2, 0) is 9.53 Å². The summed E-state index contributed by atoms with van der Waals surface area (Å²) in [6.07, 6.45) is 1.79. The molecule has 138 valence electrons. The number of nitrogens with one attached hydrogen (secondary N) is 1. The van der Waals surface area contributed by atoms with Crippen molar-refractivity contribution in [3.8, 4) is 0 Å². The Balaban J connectivity index is 1.80. The van der Waals surface area contributed by atoms with Crippen LogP contribution in [0.3, 0.4) is 0 Å². The molecule has 0 bridgehead atoms. The molecule has 5 nitrogen and oxygen atoms in total. The van der Waals surface area contributed by atoms with Gasteiger partial charge >= 0.3 is 6.09 Å². The van der Waals surface area contributed by atoms with Crippen molar-refractivity contribution in [2.45, 2.75) is 52.6 Å². The summed E-state index contributed by atoms with van der Waals surface area (Å²) in [5.41, 5.74) is 1.14. The number of hydrogen-bond donors (Lipinski definition) is 1. The Morgan fingerprint density at radius 2 is 1.92 bits per heavy atom. The molecule has 0 saturated carbocycles. The fourth-order valence-corrected chi connectivity index (χ4v) is 3.03. The Kier molecular flexibility index (Phi) is 6.33. The summed E-state index contributed by atoms with van der Waals surface area (Å²) in [5, 5.41) is 3.58. The fraction of sp³-hybridized carbons (Fsp3) is 0.579. The van der Waals surface area contributed by atoms with Crippen molar-refractivity contribution < 1.29 is 14.3 Å². The third-order valence-corrected chi connectivity index (χ3v) is 4.69. The van der Waals surface area contributed by atoms with E-state index in [-0.39, 0.29) is 17.9 Å². The van der Waals surface area contributed by atoms with Gasteiger partial charge in [-0.3, -0.25) is 4.79 Å². The highest BCUT2D eigenvalue weighted by atomic mass is 35.5. The summed E-state index contributed by atoms with van der Waals surface area (Å²) in [5.74, 6) is 0.263. The Bertz CT molecular complexity index is 632. The zero-order chi connectivity index (χ0) is 18.6. The number of anilines is 1. The molecule has 1 aromatic carbocycles. The first kappa shape index (κ1) is 19.6. The Morgan fingerprint density at radius 1 is 1.28 bits per heavy atom. The van der Waals surface area contributed by atoms with Gasteiger partial charge in [0.2, 0.25) is 5.91 Å². The van der Waals surface area contributed by atoms with Gasteiger partial charge in [-0.25, -0.2) is 4.79 Å². The van der Waals surface area contributed by atoms with E-state index in [4.69, 9.17) is 16.3 Å². The summed E-state index contributed by atoms with van der Waals surface area (Å²) in [4.78, 5) is 26.1. The summed E-state index contributed by atoms with van der Waals surface area (Å²) in [6, 6.07) is 5.48. The largest absolute Gasteiger partial charge is 0.444 e. The van der Waals surface area contributed by atoms with Crippen molar-refractivity contribution >= 4 is 29.3 Å². The van der Waals surface area contributed by atoms with E-state index < -0.39 is 5.60 Å². The molecule has 2 amide bonds. The van der Waals surface area contributed by atoms with Crippen molar-refractivity contribution in [1.82, 2.24) is 4.90 Å². The molecule has 0 aliphatic carbocycles. The predicted molar refractivity (Wildman–Crippen MR) is 100.0 cm³/mol. The summed E-state index contributed by atoms with van der Waals surface area (Å²) < 4.78 is 5.39. The van der Waals surface area contributed by atoms with Crippen molar-refractivity contribution in [3.63, 3.8) is 0 Å². The SMILES string of the molecule is Cc1c(Cl)cccc1NC(=O)CC1CCN(C(=O)OC(C)(C)C)CC1. The molecule has 0 unspecified atom stereocenters. The molecule has 0 aromatic heterocycles. The van der Waals surface area contributed by atoms with Crippen molar-refractivity contribution in [3.05, 3.63) is 28.8 Å². The number of hydrogen-bond acceptors (Lipinski definition) is 3. The normalized spacial score (nSPS) is 15.8. The molecule has 1 heterocycles. The maximum atomic E-state index is 12.3. The first-order chi connectivity index (χ1) is 11.7. The van der Waals surface area contributed by atoms with Gasteiger partial charge in [0, 0.05) is 30.2 Å². The van der Waals surface area contributed by atoms with Gasteiger partial charge in [-0.1, -0.05) is 17.7 Å². The van der Waals surface area contributed by atoms with E-state index in [1.165, 1.54) is 0 Å². The quantitative estimate of drug-likeness (QED) is 0.848. The molecule has 6 heteroatoms. The topological polar surface area (TPSA) is 58.6 Å². The molecule has 1 N–H and O–H groups in total. The second kappa shape index (κ2) is 8.09. The van der Waals surface area contributed by atoms with Gasteiger partial charge in [-0.2, -0.15) is 0 Å². The van der Waals surface area contributed by atoms with E-state index in [2.05, 4.69) is 5.32 Å². The van der Waals surface area contributed by atoms with Gasteiger partial charge in [0.1, 0.15) is 5.60 Å². The minimum atomic E-state index is -0.483. The zero-order valence-electron chi connectivity index (χ0n) is 15.4. The van der Waals surface area contributed by atoms with Crippen LogP contribution in [0.1, 0.15) is 45.6 Å². The van der Waals surface area contributed by atoms with E-state index in [9.17, 15) is 9.59 Å². The van der Waals surface area contributed by atoms with Crippen LogP contribution in [0.15, 0.2) is 18.2 Å². The number of rotatable bonds is 3. The Morgan fingerprint density at radius 3 is 2.52 bits per heavy atom. The lowest BCUT2D eigenvalue weighted by Gasteiger charge is -2.33. The molecule has 0 atom stereocenters. The van der Waals surface area contributed by atoms with Crippen LogP contribution < -0.4 is 5.32 Å². The van der Waals surface area contributed by atoms with Gasteiger partial charge in [0.15, 0.2) is 0 Å². The number of ether oxygens (including phenoxy) is 1. The van der Waals surface area contributed by atoms with Crippen LogP contribution >= 0.6 is 11.6 Å². The molecule has 0 spiro atoms. The second-order valence-corrected chi connectivity index (χ2v) is 7.98. The Labute approximate surface area is 154 Å². The molecule has 2 rings (SSSR count). The molecular formula is C19H27ClN2O3. The molecule has 1 aliphatic heterocycles. The van der Waals surface area contributed by atoms with Crippen molar-refractivity contribution in [1.29, 1.82) is 0 Å². The smallest absolute Gasteiger partial charge is 0.410 e. The summed E-state index contributed by atoms with van der Waals surface area (Å²) >= 11 is 6.08. The minimum absolute atomic E-state index is 0.0129. The van der Waals surface area contributed by atoms with Crippen LogP contribution in [0.25, 0.3) is 0 Å². The lowest BCUT2D eigenvalue weighted by Crippen LogP contribution is -2.42. The molecule has 1 aliphatic rings. The van der Waals surface area contributed by atoms with Gasteiger partial charge in [-0.15, -0.1) is 0 Å². The van der Waals surface area contributed by atoms with Gasteiger partial charge in [-0.05, 0) is 64.2 Å². The average Bonchev–Trinajstić information content (AvgIpc) is 2.51. The number of halogens is 1. The highest BCUT2D eigenvalue weighted by Gasteiger charge is 2.27. The van der Waals surface area contributed by atoms with Gasteiger partial charge in [0.25, 0.3) is 0 Å². The van der Waals surface area contributed by atoms with Crippen LogP contribution in [-0.4, -0.2) is 35.6 Å². The fourth-order valence-electron chi connectivity index (χ4n) is 2.85. The molecule has 0 radical (unpaired) electrons. The summed E-state index contributed by atoms with van der Waals surface area (Å²) in [6.45, 7) is 8.73. The third-order valence-electron chi connectivity index (χ3n) is 4.28. The number of carbonyl (C=O) groups excluding carboxylic acids is 2. The molecule has 1 saturated heterocycles. The van der Waals surface area contributed by atoms with Gasteiger partial charge in [0.05, 0.1) is 0 Å². The highest BCUT2D eigenvalue weighted by molar-refractivity contribution is 6.31. The first-order valence-electron chi connectivity index (χ1n) is 8.68. The number of nitrogens with zero attached hydrogens (tertiary/aromatic N) is 1. The van der Waals surface area contributed by atoms with Crippen LogP contribution in [0.5, 0.6) is 0 Å². The third kappa shape index (κ3) is 5.92. The van der Waals surface area contributed by atoms with E-state index in [1.54, 1.807) is 11.0 Å². The van der Waals surface area contributed by atoms with E-state index in [1.807, 2.05) is 39.8 Å². The molecule has 1 fully saturated rings. The van der Waals surface area contributed by atoms with E-state index in [0.29, 0.717) is 24.5 Å². The van der Waals surface area contributed by atoms with Crippen molar-refractivity contribution in [2.24, 2.45) is 5.92 Å². The average molecular weight is 367 g/mol. The zero-order valence-corrected chi connectivity index (χ0v) is 16.2. The van der Waals surface area contributed by atoms with E-state index in [0.717, 1.165) is 24.1 Å². The van der Waals surface area contributed by atoms with E-state index >= 15 is 0 Å².